The number of aryl methyl sites for hydroxylation is 1. The molecular weight excluding hydrogens is 556 g/mol. The minimum atomic E-state index is -1.21. The predicted octanol–water partition coefficient (Wildman–Crippen LogP) is 5.46. The molecule has 3 aromatic carbocycles. The van der Waals surface area contributed by atoms with E-state index in [-0.39, 0.29) is 23.5 Å². The van der Waals surface area contributed by atoms with E-state index in [1.54, 1.807) is 19.1 Å². The van der Waals surface area contributed by atoms with Gasteiger partial charge in [0.2, 0.25) is 0 Å². The molecule has 4 rings (SSSR count). The Morgan fingerprint density at radius 1 is 1.09 bits per heavy atom. The van der Waals surface area contributed by atoms with Crippen LogP contribution in [0.1, 0.15) is 21.7 Å². The highest BCUT2D eigenvalue weighted by atomic mass is 79.9. The van der Waals surface area contributed by atoms with Gasteiger partial charge in [-0.05, 0) is 67.3 Å². The Labute approximate surface area is 205 Å². The highest BCUT2D eigenvalue weighted by Gasteiger charge is 2.28. The standard InChI is InChI=1S/C24H18Br2N2O5/c1-12-20(21(28-33-12)16-8-4-6-14-5-2-3-7-15(14)16)23(30)27-19(24(31)32)11-13-9-17(25)22(29)18(26)10-13/h2-10,19,29H,11H2,1H3,(H,27,30)(H,31,32). The van der Waals surface area contributed by atoms with Crippen molar-refractivity contribution in [2.45, 2.75) is 19.4 Å². The van der Waals surface area contributed by atoms with Crippen LogP contribution in [0.15, 0.2) is 68.1 Å². The summed E-state index contributed by atoms with van der Waals surface area (Å²) in [4.78, 5) is 25.2. The maximum absolute atomic E-state index is 13.2. The number of amides is 1. The fraction of sp³-hybridized carbons (Fsp3) is 0.125. The van der Waals surface area contributed by atoms with Crippen LogP contribution < -0.4 is 5.32 Å². The van der Waals surface area contributed by atoms with Gasteiger partial charge >= 0.3 is 5.97 Å². The number of fused-ring (bicyclic) bond motifs is 1. The van der Waals surface area contributed by atoms with Crippen molar-refractivity contribution in [2.75, 3.05) is 0 Å². The third kappa shape index (κ3) is 4.65. The van der Waals surface area contributed by atoms with Crippen LogP contribution in [0.3, 0.4) is 0 Å². The summed E-state index contributed by atoms with van der Waals surface area (Å²) in [6.07, 6.45) is 0.00643. The molecule has 168 valence electrons. The third-order valence-corrected chi connectivity index (χ3v) is 6.46. The van der Waals surface area contributed by atoms with Crippen molar-refractivity contribution in [3.63, 3.8) is 0 Å². The van der Waals surface area contributed by atoms with Crippen LogP contribution >= 0.6 is 31.9 Å². The zero-order chi connectivity index (χ0) is 23.7. The van der Waals surface area contributed by atoms with Gasteiger partial charge in [0.05, 0.1) is 8.95 Å². The zero-order valence-electron chi connectivity index (χ0n) is 17.3. The lowest BCUT2D eigenvalue weighted by atomic mass is 9.98. The number of halogens is 2. The van der Waals surface area contributed by atoms with E-state index in [2.05, 4.69) is 42.3 Å². The Morgan fingerprint density at radius 3 is 2.45 bits per heavy atom. The number of phenols is 1. The van der Waals surface area contributed by atoms with E-state index in [1.807, 2.05) is 42.5 Å². The molecule has 0 bridgehead atoms. The van der Waals surface area contributed by atoms with E-state index < -0.39 is 17.9 Å². The van der Waals surface area contributed by atoms with E-state index in [1.165, 1.54) is 0 Å². The molecule has 0 saturated carbocycles. The van der Waals surface area contributed by atoms with Crippen LogP contribution in [0.4, 0.5) is 0 Å². The number of aromatic nitrogens is 1. The monoisotopic (exact) mass is 572 g/mol. The summed E-state index contributed by atoms with van der Waals surface area (Å²) in [7, 11) is 0. The summed E-state index contributed by atoms with van der Waals surface area (Å²) < 4.78 is 6.15. The summed E-state index contributed by atoms with van der Waals surface area (Å²) in [6.45, 7) is 1.61. The molecule has 1 atom stereocenters. The summed E-state index contributed by atoms with van der Waals surface area (Å²) >= 11 is 6.47. The molecule has 9 heteroatoms. The van der Waals surface area contributed by atoms with Gasteiger partial charge in [-0.3, -0.25) is 4.79 Å². The molecule has 0 aliphatic carbocycles. The quantitative estimate of drug-likeness (QED) is 0.282. The first kappa shape index (κ1) is 23.0. The summed E-state index contributed by atoms with van der Waals surface area (Å²) in [5.74, 6) is -1.49. The number of nitrogens with zero attached hydrogens (tertiary/aromatic N) is 1. The highest BCUT2D eigenvalue weighted by Crippen LogP contribution is 2.34. The maximum atomic E-state index is 13.2. The largest absolute Gasteiger partial charge is 0.506 e. The van der Waals surface area contributed by atoms with E-state index in [9.17, 15) is 19.8 Å². The fourth-order valence-corrected chi connectivity index (χ4v) is 4.94. The van der Waals surface area contributed by atoms with Crippen molar-refractivity contribution < 1.29 is 24.3 Å². The number of phenolic OH excluding ortho intramolecular Hbond substituents is 1. The van der Waals surface area contributed by atoms with Gasteiger partial charge < -0.3 is 20.1 Å². The van der Waals surface area contributed by atoms with Gasteiger partial charge in [-0.25, -0.2) is 4.79 Å². The lowest BCUT2D eigenvalue weighted by Gasteiger charge is -2.16. The molecule has 0 saturated heterocycles. The second-order valence-corrected chi connectivity index (χ2v) is 9.17. The Kier molecular flexibility index (Phi) is 6.53. The average molecular weight is 574 g/mol. The van der Waals surface area contributed by atoms with Gasteiger partial charge in [-0.1, -0.05) is 47.6 Å². The first-order valence-corrected chi connectivity index (χ1v) is 11.5. The van der Waals surface area contributed by atoms with E-state index in [0.29, 0.717) is 25.8 Å². The second kappa shape index (κ2) is 9.36. The number of carbonyl (C=O) groups is 2. The fourth-order valence-electron chi connectivity index (χ4n) is 3.66. The molecule has 0 aliphatic heterocycles. The molecule has 0 radical (unpaired) electrons. The first-order valence-electron chi connectivity index (χ1n) is 9.91. The van der Waals surface area contributed by atoms with Gasteiger partial charge in [-0.15, -0.1) is 0 Å². The molecule has 7 nitrogen and oxygen atoms in total. The number of nitrogens with one attached hydrogen (secondary N) is 1. The Bertz CT molecular complexity index is 1350. The number of hydrogen-bond acceptors (Lipinski definition) is 5. The Hall–Kier alpha value is -3.17. The molecule has 0 spiro atoms. The van der Waals surface area contributed by atoms with Crippen molar-refractivity contribution in [1.29, 1.82) is 0 Å². The van der Waals surface area contributed by atoms with Gasteiger partial charge in [0.25, 0.3) is 5.91 Å². The van der Waals surface area contributed by atoms with E-state index in [4.69, 9.17) is 4.52 Å². The van der Waals surface area contributed by atoms with Crippen molar-refractivity contribution in [3.8, 4) is 17.0 Å². The second-order valence-electron chi connectivity index (χ2n) is 7.47. The van der Waals surface area contributed by atoms with E-state index in [0.717, 1.165) is 10.8 Å². The average Bonchev–Trinajstić information content (AvgIpc) is 3.17. The number of aromatic hydroxyl groups is 1. The van der Waals surface area contributed by atoms with E-state index >= 15 is 0 Å². The van der Waals surface area contributed by atoms with Crippen LogP contribution in [0, 0.1) is 6.92 Å². The van der Waals surface area contributed by atoms with Crippen molar-refractivity contribution in [1.82, 2.24) is 10.5 Å². The van der Waals surface area contributed by atoms with Crippen LogP contribution in [0.5, 0.6) is 5.75 Å². The summed E-state index contributed by atoms with van der Waals surface area (Å²) in [6, 6.07) is 15.4. The first-order chi connectivity index (χ1) is 15.8. The molecule has 1 unspecified atom stereocenters. The number of benzene rings is 3. The topological polar surface area (TPSA) is 113 Å². The molecule has 1 heterocycles. The van der Waals surface area contributed by atoms with Gasteiger partial charge in [-0.2, -0.15) is 0 Å². The van der Waals surface area contributed by atoms with Crippen molar-refractivity contribution in [2.24, 2.45) is 0 Å². The van der Waals surface area contributed by atoms with Gasteiger partial charge in [0.1, 0.15) is 28.8 Å². The van der Waals surface area contributed by atoms with Gasteiger partial charge in [0.15, 0.2) is 0 Å². The number of carboxylic acids is 1. The zero-order valence-corrected chi connectivity index (χ0v) is 20.5. The van der Waals surface area contributed by atoms with Crippen molar-refractivity contribution >= 4 is 54.5 Å². The molecule has 1 amide bonds. The highest BCUT2D eigenvalue weighted by molar-refractivity contribution is 9.11. The summed E-state index contributed by atoms with van der Waals surface area (Å²) in [5.41, 5.74) is 1.86. The predicted molar refractivity (Wildman–Crippen MR) is 130 cm³/mol. The van der Waals surface area contributed by atoms with Crippen molar-refractivity contribution in [3.05, 3.63) is 80.4 Å². The third-order valence-electron chi connectivity index (χ3n) is 5.25. The molecule has 1 aromatic heterocycles. The molecule has 0 aliphatic rings. The molecule has 4 aromatic rings. The molecular formula is C24H18Br2N2O5. The lowest BCUT2D eigenvalue weighted by molar-refractivity contribution is -0.139. The maximum Gasteiger partial charge on any atom is 0.326 e. The lowest BCUT2D eigenvalue weighted by Crippen LogP contribution is -2.42. The van der Waals surface area contributed by atoms with Crippen LogP contribution in [-0.4, -0.2) is 33.3 Å². The minimum absolute atomic E-state index is 0.00643. The molecule has 3 N–H and O–H groups in total. The number of hydrogen-bond donors (Lipinski definition) is 3. The number of aliphatic carboxylic acids is 1. The molecule has 33 heavy (non-hydrogen) atoms. The van der Waals surface area contributed by atoms with Crippen LogP contribution in [-0.2, 0) is 11.2 Å². The number of carbonyl (C=O) groups excluding carboxylic acids is 1. The number of rotatable bonds is 6. The summed E-state index contributed by atoms with van der Waals surface area (Å²) in [5, 5.41) is 28.2. The van der Waals surface area contributed by atoms with Crippen LogP contribution in [0.25, 0.3) is 22.0 Å². The Morgan fingerprint density at radius 2 is 1.76 bits per heavy atom. The van der Waals surface area contributed by atoms with Gasteiger partial charge in [0, 0.05) is 12.0 Å². The smallest absolute Gasteiger partial charge is 0.326 e. The SMILES string of the molecule is Cc1onc(-c2cccc3ccccc23)c1C(=O)NC(Cc1cc(Br)c(O)c(Br)c1)C(=O)O. The van der Waals surface area contributed by atoms with Crippen LogP contribution in [0.2, 0.25) is 0 Å². The normalized spacial score (nSPS) is 12.0. The molecule has 0 fully saturated rings. The Balaban J connectivity index is 1.67. The minimum Gasteiger partial charge on any atom is -0.506 e. The number of carboxylic acid groups (broad SMARTS) is 1.